The predicted molar refractivity (Wildman–Crippen MR) is 83.7 cm³/mol. The van der Waals surface area contributed by atoms with Crippen LogP contribution in [-0.4, -0.2) is 19.3 Å². The minimum atomic E-state index is -0.332. The molecule has 0 aliphatic carbocycles. The third-order valence-corrected chi connectivity index (χ3v) is 4.42. The highest BCUT2D eigenvalue weighted by Crippen LogP contribution is 2.20. The summed E-state index contributed by atoms with van der Waals surface area (Å²) >= 11 is 6.56. The van der Waals surface area contributed by atoms with Gasteiger partial charge < -0.3 is 0 Å². The van der Waals surface area contributed by atoms with Crippen LogP contribution in [-0.2, 0) is 13.6 Å². The minimum absolute atomic E-state index is 0.198. The molecular formula is C13H9Br2FN4O. The molecular weight excluding hydrogens is 407 g/mol. The molecule has 0 saturated heterocycles. The summed E-state index contributed by atoms with van der Waals surface area (Å²) in [6.07, 6.45) is 1.47. The fraction of sp³-hybridized carbons (Fsp3) is 0.154. The number of benzene rings is 1. The lowest BCUT2D eigenvalue weighted by Crippen LogP contribution is -2.21. The van der Waals surface area contributed by atoms with Crippen LogP contribution in [0, 0.1) is 5.82 Å². The summed E-state index contributed by atoms with van der Waals surface area (Å²) < 4.78 is 17.2. The Bertz CT molecular complexity index is 903. The molecule has 0 aliphatic rings. The Balaban J connectivity index is 2.11. The van der Waals surface area contributed by atoms with Gasteiger partial charge in [0.2, 0.25) is 0 Å². The van der Waals surface area contributed by atoms with Crippen LogP contribution in [0.4, 0.5) is 4.39 Å². The number of halogens is 3. The number of hydrogen-bond donors (Lipinski definition) is 0. The van der Waals surface area contributed by atoms with Gasteiger partial charge in [0.1, 0.15) is 22.1 Å². The van der Waals surface area contributed by atoms with E-state index in [-0.39, 0.29) is 11.4 Å². The SMILES string of the molecule is Cn1nc(Br)c2c(=O)n(Cc3ccc(F)cc3Br)cnc21. The molecule has 3 rings (SSSR count). The van der Waals surface area contributed by atoms with Gasteiger partial charge in [0, 0.05) is 11.5 Å². The molecule has 5 nitrogen and oxygen atoms in total. The highest BCUT2D eigenvalue weighted by molar-refractivity contribution is 9.10. The topological polar surface area (TPSA) is 52.7 Å². The molecule has 0 unspecified atom stereocenters. The van der Waals surface area contributed by atoms with Gasteiger partial charge in [-0.15, -0.1) is 0 Å². The summed E-state index contributed by atoms with van der Waals surface area (Å²) in [5, 5.41) is 4.56. The zero-order chi connectivity index (χ0) is 15.1. The van der Waals surface area contributed by atoms with Crippen molar-refractivity contribution in [2.75, 3.05) is 0 Å². The third kappa shape index (κ3) is 2.53. The molecule has 0 bridgehead atoms. The first-order valence-electron chi connectivity index (χ1n) is 5.99. The van der Waals surface area contributed by atoms with Crippen molar-refractivity contribution in [2.24, 2.45) is 7.05 Å². The molecule has 1 aromatic carbocycles. The molecule has 108 valence electrons. The number of nitrogens with zero attached hydrogens (tertiary/aromatic N) is 4. The smallest absolute Gasteiger partial charge is 0.265 e. The van der Waals surface area contributed by atoms with Gasteiger partial charge in [0.25, 0.3) is 5.56 Å². The van der Waals surface area contributed by atoms with Crippen molar-refractivity contribution in [3.05, 3.63) is 55.3 Å². The van der Waals surface area contributed by atoms with Crippen LogP contribution >= 0.6 is 31.9 Å². The summed E-state index contributed by atoms with van der Waals surface area (Å²) in [6.45, 7) is 0.296. The van der Waals surface area contributed by atoms with Gasteiger partial charge in [-0.2, -0.15) is 5.10 Å². The Morgan fingerprint density at radius 3 is 2.81 bits per heavy atom. The molecule has 2 heterocycles. The van der Waals surface area contributed by atoms with Crippen LogP contribution in [0.3, 0.4) is 0 Å². The van der Waals surface area contributed by atoms with E-state index in [4.69, 9.17) is 0 Å². The number of rotatable bonds is 2. The lowest BCUT2D eigenvalue weighted by molar-refractivity contribution is 0.624. The van der Waals surface area contributed by atoms with Crippen molar-refractivity contribution in [1.29, 1.82) is 0 Å². The Labute approximate surface area is 135 Å². The predicted octanol–water partition coefficient (Wildman–Crippen LogP) is 2.84. The highest BCUT2D eigenvalue weighted by Gasteiger charge is 2.14. The maximum Gasteiger partial charge on any atom is 0.265 e. The Hall–Kier alpha value is -1.54. The average molecular weight is 416 g/mol. The van der Waals surface area contributed by atoms with E-state index < -0.39 is 0 Å². The normalized spacial score (nSPS) is 11.2. The van der Waals surface area contributed by atoms with Gasteiger partial charge in [0.05, 0.1) is 6.54 Å². The van der Waals surface area contributed by atoms with E-state index >= 15 is 0 Å². The van der Waals surface area contributed by atoms with E-state index in [0.717, 1.165) is 5.56 Å². The van der Waals surface area contributed by atoms with Crippen molar-refractivity contribution >= 4 is 42.9 Å². The first-order chi connectivity index (χ1) is 9.97. The standard InChI is InChI=1S/C13H9Br2FN4O/c1-19-12-10(11(15)18-19)13(21)20(6-17-12)5-7-2-3-8(16)4-9(7)14/h2-4,6H,5H2,1H3. The highest BCUT2D eigenvalue weighted by atomic mass is 79.9. The van der Waals surface area contributed by atoms with Crippen molar-refractivity contribution in [2.45, 2.75) is 6.54 Å². The van der Waals surface area contributed by atoms with E-state index in [1.807, 2.05) is 0 Å². The lowest BCUT2D eigenvalue weighted by atomic mass is 10.2. The lowest BCUT2D eigenvalue weighted by Gasteiger charge is -2.07. The zero-order valence-corrected chi connectivity index (χ0v) is 14.0. The van der Waals surface area contributed by atoms with Crippen LogP contribution in [0.2, 0.25) is 0 Å². The second-order valence-corrected chi connectivity index (χ2v) is 6.13. The summed E-state index contributed by atoms with van der Waals surface area (Å²) in [5.74, 6) is -0.332. The van der Waals surface area contributed by atoms with Gasteiger partial charge in [-0.1, -0.05) is 22.0 Å². The molecule has 0 N–H and O–H groups in total. The quantitative estimate of drug-likeness (QED) is 0.646. The van der Waals surface area contributed by atoms with Crippen molar-refractivity contribution < 1.29 is 4.39 Å². The van der Waals surface area contributed by atoms with Gasteiger partial charge in [-0.25, -0.2) is 14.1 Å². The summed E-state index contributed by atoms with van der Waals surface area (Å²) in [7, 11) is 1.72. The monoisotopic (exact) mass is 414 g/mol. The maximum atomic E-state index is 13.1. The van der Waals surface area contributed by atoms with Crippen molar-refractivity contribution in [3.8, 4) is 0 Å². The summed E-state index contributed by atoms with van der Waals surface area (Å²) in [5.41, 5.74) is 1.11. The van der Waals surface area contributed by atoms with Crippen LogP contribution in [0.15, 0.2) is 38.4 Å². The largest absolute Gasteiger partial charge is 0.294 e. The van der Waals surface area contributed by atoms with Crippen molar-refractivity contribution in [1.82, 2.24) is 19.3 Å². The average Bonchev–Trinajstić information content (AvgIpc) is 2.71. The van der Waals surface area contributed by atoms with Gasteiger partial charge in [0.15, 0.2) is 5.65 Å². The van der Waals surface area contributed by atoms with Gasteiger partial charge in [-0.3, -0.25) is 9.36 Å². The van der Waals surface area contributed by atoms with Gasteiger partial charge in [-0.05, 0) is 33.6 Å². The number of fused-ring (bicyclic) bond motifs is 1. The fourth-order valence-corrected chi connectivity index (χ4v) is 3.14. The number of aromatic nitrogens is 4. The Morgan fingerprint density at radius 1 is 1.33 bits per heavy atom. The van der Waals surface area contributed by atoms with Crippen LogP contribution in [0.1, 0.15) is 5.56 Å². The third-order valence-electron chi connectivity index (χ3n) is 3.12. The summed E-state index contributed by atoms with van der Waals surface area (Å²) in [4.78, 5) is 16.7. The Morgan fingerprint density at radius 2 is 2.10 bits per heavy atom. The maximum absolute atomic E-state index is 13.1. The molecule has 0 saturated carbocycles. The second-order valence-electron chi connectivity index (χ2n) is 4.53. The van der Waals surface area contributed by atoms with E-state index in [2.05, 4.69) is 41.9 Å². The van der Waals surface area contributed by atoms with E-state index in [1.165, 1.54) is 23.0 Å². The summed E-state index contributed by atoms with van der Waals surface area (Å²) in [6, 6.07) is 4.36. The molecule has 2 aromatic heterocycles. The molecule has 0 atom stereocenters. The molecule has 0 fully saturated rings. The van der Waals surface area contributed by atoms with Gasteiger partial charge >= 0.3 is 0 Å². The molecule has 0 aliphatic heterocycles. The van der Waals surface area contributed by atoms with E-state index in [1.54, 1.807) is 17.8 Å². The number of aryl methyl sites for hydroxylation is 1. The van der Waals surface area contributed by atoms with Crippen molar-refractivity contribution in [3.63, 3.8) is 0 Å². The molecule has 0 spiro atoms. The van der Waals surface area contributed by atoms with E-state index in [9.17, 15) is 9.18 Å². The first kappa shape index (κ1) is 14.4. The van der Waals surface area contributed by atoms with Crippen LogP contribution in [0.5, 0.6) is 0 Å². The molecule has 0 amide bonds. The van der Waals surface area contributed by atoms with E-state index in [0.29, 0.717) is 26.7 Å². The molecule has 3 aromatic rings. The minimum Gasteiger partial charge on any atom is -0.294 e. The fourth-order valence-electron chi connectivity index (χ4n) is 2.08. The van der Waals surface area contributed by atoms with Crippen LogP contribution < -0.4 is 5.56 Å². The zero-order valence-electron chi connectivity index (χ0n) is 10.8. The number of hydrogen-bond acceptors (Lipinski definition) is 3. The second kappa shape index (κ2) is 5.34. The molecule has 21 heavy (non-hydrogen) atoms. The molecule has 8 heteroatoms. The van der Waals surface area contributed by atoms with Crippen LogP contribution in [0.25, 0.3) is 11.0 Å². The molecule has 0 radical (unpaired) electrons. The first-order valence-corrected chi connectivity index (χ1v) is 7.57. The Kier molecular flexibility index (Phi) is 3.66.